The van der Waals surface area contributed by atoms with Crippen molar-refractivity contribution in [2.24, 2.45) is 0 Å². The number of nitrogens with zero attached hydrogens (tertiary/aromatic N) is 2. The highest BCUT2D eigenvalue weighted by Gasteiger charge is 2.14. The number of carbonyl (C=O) groups excluding carboxylic acids is 2. The zero-order valence-electron chi connectivity index (χ0n) is 21.3. The molecule has 2 amide bonds. The van der Waals surface area contributed by atoms with Gasteiger partial charge in [-0.25, -0.2) is 0 Å². The average Bonchev–Trinajstić information content (AvgIpc) is 2.92. The van der Waals surface area contributed by atoms with Gasteiger partial charge in [-0.05, 0) is 66.8 Å². The number of nitrogens with one attached hydrogen (secondary N) is 2. The first-order valence-electron chi connectivity index (χ1n) is 11.6. The van der Waals surface area contributed by atoms with Gasteiger partial charge < -0.3 is 40.5 Å². The number of benzene rings is 2. The molecule has 12 heteroatoms. The van der Waals surface area contributed by atoms with Crippen molar-refractivity contribution in [2.45, 2.75) is 19.3 Å². The molecule has 0 aliphatic heterocycles. The van der Waals surface area contributed by atoms with E-state index in [0.29, 0.717) is 19.3 Å². The second-order valence-corrected chi connectivity index (χ2v) is 8.09. The number of amides is 2. The minimum Gasteiger partial charge on any atom is -0.504 e. The summed E-state index contributed by atoms with van der Waals surface area (Å²) < 4.78 is 9.88. The predicted octanol–water partition coefficient (Wildman–Crippen LogP) is 2.44. The lowest BCUT2D eigenvalue weighted by Gasteiger charge is -2.08. The number of hydrogen-bond donors (Lipinski definition) is 6. The van der Waals surface area contributed by atoms with E-state index in [-0.39, 0.29) is 46.9 Å². The van der Waals surface area contributed by atoms with Crippen LogP contribution in [0.1, 0.15) is 30.4 Å². The molecule has 0 bridgehead atoms. The van der Waals surface area contributed by atoms with E-state index in [4.69, 9.17) is 9.47 Å². The number of phenolic OH excluding ortho intramolecular Hbond substituents is 4. The molecular formula is C27H28N4O8. The summed E-state index contributed by atoms with van der Waals surface area (Å²) in [5, 5.41) is 62.8. The average molecular weight is 537 g/mol. The molecule has 0 fully saturated rings. The topological polar surface area (TPSA) is 205 Å². The van der Waals surface area contributed by atoms with Crippen molar-refractivity contribution < 1.29 is 39.5 Å². The van der Waals surface area contributed by atoms with Crippen LogP contribution in [0.15, 0.2) is 35.4 Å². The van der Waals surface area contributed by atoms with Crippen LogP contribution in [0.2, 0.25) is 0 Å². The van der Waals surface area contributed by atoms with Crippen molar-refractivity contribution in [3.8, 4) is 46.6 Å². The normalized spacial score (nSPS) is 11.2. The standard InChI is InChI=1S/C27H28N4O8/c1-38-22-12-16(10-20(32)24(22)34)8-18(14-28)26(36)30-6-4-3-5-7-31-27(37)19(15-29)9-17-11-21(33)25(35)23(13-17)39-2/h8-13,32-35H,3-7H2,1-2H3,(H,30,36)(H,31,37)/b18-8+,19-9+. The Hall–Kier alpha value is -5.36. The van der Waals surface area contributed by atoms with Gasteiger partial charge in [-0.3, -0.25) is 9.59 Å². The number of phenols is 4. The number of unbranched alkanes of at least 4 members (excludes halogenated alkanes) is 2. The summed E-state index contributed by atoms with van der Waals surface area (Å²) >= 11 is 0. The summed E-state index contributed by atoms with van der Waals surface area (Å²) in [6.45, 7) is 0.539. The van der Waals surface area contributed by atoms with E-state index in [1.165, 1.54) is 50.6 Å². The molecule has 2 aromatic rings. The fraction of sp³-hybridized carbons (Fsp3) is 0.259. The first-order valence-corrected chi connectivity index (χ1v) is 11.6. The van der Waals surface area contributed by atoms with E-state index < -0.39 is 34.8 Å². The molecule has 2 aromatic carbocycles. The van der Waals surface area contributed by atoms with Crippen LogP contribution in [-0.2, 0) is 9.59 Å². The minimum absolute atomic E-state index is 0.0108. The van der Waals surface area contributed by atoms with Gasteiger partial charge in [0.2, 0.25) is 11.5 Å². The summed E-state index contributed by atoms with van der Waals surface area (Å²) in [6.07, 6.45) is 4.25. The molecule has 2 rings (SSSR count). The lowest BCUT2D eigenvalue weighted by Crippen LogP contribution is -2.27. The summed E-state index contributed by atoms with van der Waals surface area (Å²) in [5.74, 6) is -3.06. The fourth-order valence-corrected chi connectivity index (χ4v) is 3.36. The Morgan fingerprint density at radius 2 is 1.13 bits per heavy atom. The molecule has 0 radical (unpaired) electrons. The molecule has 0 spiro atoms. The Bertz CT molecular complexity index is 1270. The first kappa shape index (κ1) is 29.9. The summed E-state index contributed by atoms with van der Waals surface area (Å²) in [6, 6.07) is 8.70. The maximum atomic E-state index is 12.3. The second-order valence-electron chi connectivity index (χ2n) is 8.09. The molecule has 0 saturated heterocycles. The maximum absolute atomic E-state index is 12.3. The molecule has 39 heavy (non-hydrogen) atoms. The van der Waals surface area contributed by atoms with Gasteiger partial charge in [0.25, 0.3) is 11.8 Å². The Balaban J connectivity index is 1.81. The molecule has 0 aliphatic rings. The van der Waals surface area contributed by atoms with Crippen molar-refractivity contribution in [3.63, 3.8) is 0 Å². The summed E-state index contributed by atoms with van der Waals surface area (Å²) in [7, 11) is 2.60. The smallest absolute Gasteiger partial charge is 0.261 e. The number of nitriles is 2. The highest BCUT2D eigenvalue weighted by molar-refractivity contribution is 6.02. The number of carbonyl (C=O) groups is 2. The van der Waals surface area contributed by atoms with Gasteiger partial charge in [-0.15, -0.1) is 0 Å². The summed E-state index contributed by atoms with van der Waals surface area (Å²) in [4.78, 5) is 24.6. The van der Waals surface area contributed by atoms with E-state index in [2.05, 4.69) is 10.6 Å². The number of aromatic hydroxyl groups is 4. The molecule has 0 atom stereocenters. The third-order valence-corrected chi connectivity index (χ3v) is 5.37. The van der Waals surface area contributed by atoms with Crippen LogP contribution >= 0.6 is 0 Å². The fourth-order valence-electron chi connectivity index (χ4n) is 3.36. The van der Waals surface area contributed by atoms with Gasteiger partial charge in [0.05, 0.1) is 14.2 Å². The van der Waals surface area contributed by atoms with Gasteiger partial charge in [-0.2, -0.15) is 10.5 Å². The van der Waals surface area contributed by atoms with Crippen molar-refractivity contribution in [1.82, 2.24) is 10.6 Å². The number of hydrogen-bond acceptors (Lipinski definition) is 10. The van der Waals surface area contributed by atoms with E-state index >= 15 is 0 Å². The highest BCUT2D eigenvalue weighted by Crippen LogP contribution is 2.37. The lowest BCUT2D eigenvalue weighted by atomic mass is 10.1. The predicted molar refractivity (Wildman–Crippen MR) is 140 cm³/mol. The van der Waals surface area contributed by atoms with Crippen LogP contribution in [0.3, 0.4) is 0 Å². The zero-order chi connectivity index (χ0) is 28.9. The number of methoxy groups -OCH3 is 2. The first-order chi connectivity index (χ1) is 18.6. The van der Waals surface area contributed by atoms with Gasteiger partial charge in [0.15, 0.2) is 23.0 Å². The quantitative estimate of drug-likeness (QED) is 0.101. The van der Waals surface area contributed by atoms with Crippen LogP contribution in [0.5, 0.6) is 34.5 Å². The molecule has 12 nitrogen and oxygen atoms in total. The zero-order valence-corrected chi connectivity index (χ0v) is 21.3. The monoisotopic (exact) mass is 536 g/mol. The van der Waals surface area contributed by atoms with Crippen molar-refractivity contribution in [1.29, 1.82) is 10.5 Å². The largest absolute Gasteiger partial charge is 0.504 e. The molecular weight excluding hydrogens is 508 g/mol. The Morgan fingerprint density at radius 3 is 1.46 bits per heavy atom. The van der Waals surface area contributed by atoms with Gasteiger partial charge in [0, 0.05) is 13.1 Å². The van der Waals surface area contributed by atoms with E-state index in [9.17, 15) is 40.5 Å². The van der Waals surface area contributed by atoms with Crippen LogP contribution in [0, 0.1) is 22.7 Å². The molecule has 0 heterocycles. The van der Waals surface area contributed by atoms with Gasteiger partial charge in [0.1, 0.15) is 23.3 Å². The van der Waals surface area contributed by atoms with Crippen LogP contribution in [0.25, 0.3) is 12.2 Å². The lowest BCUT2D eigenvalue weighted by molar-refractivity contribution is -0.117. The Morgan fingerprint density at radius 1 is 0.744 bits per heavy atom. The SMILES string of the molecule is COc1cc(/C=C(\C#N)C(=O)NCCCCCNC(=O)/C(C#N)=C/c2cc(O)c(O)c(OC)c2)cc(O)c1O. The molecule has 0 aromatic heterocycles. The highest BCUT2D eigenvalue weighted by atomic mass is 16.5. The minimum atomic E-state index is -0.613. The van der Waals surface area contributed by atoms with Crippen LogP contribution < -0.4 is 20.1 Å². The second kappa shape index (κ2) is 14.4. The van der Waals surface area contributed by atoms with E-state index in [1.807, 2.05) is 0 Å². The third-order valence-electron chi connectivity index (χ3n) is 5.37. The molecule has 0 unspecified atom stereocenters. The molecule has 0 saturated carbocycles. The summed E-state index contributed by atoms with van der Waals surface area (Å²) in [5.41, 5.74) is 0.169. The van der Waals surface area contributed by atoms with E-state index in [1.54, 1.807) is 12.1 Å². The third kappa shape index (κ3) is 8.33. The molecule has 6 N–H and O–H groups in total. The van der Waals surface area contributed by atoms with Crippen LogP contribution in [0.4, 0.5) is 0 Å². The molecule has 0 aliphatic carbocycles. The van der Waals surface area contributed by atoms with Gasteiger partial charge in [-0.1, -0.05) is 0 Å². The number of rotatable bonds is 12. The molecule has 204 valence electrons. The maximum Gasteiger partial charge on any atom is 0.261 e. The Labute approximate surface area is 224 Å². The Kier molecular flexibility index (Phi) is 11.0. The van der Waals surface area contributed by atoms with Crippen LogP contribution in [-0.4, -0.2) is 59.5 Å². The number of ether oxygens (including phenoxy) is 2. The van der Waals surface area contributed by atoms with Gasteiger partial charge >= 0.3 is 0 Å². The van der Waals surface area contributed by atoms with Crippen molar-refractivity contribution >= 4 is 24.0 Å². The van der Waals surface area contributed by atoms with E-state index in [0.717, 1.165) is 0 Å². The van der Waals surface area contributed by atoms with Crippen molar-refractivity contribution in [2.75, 3.05) is 27.3 Å². The van der Waals surface area contributed by atoms with Crippen molar-refractivity contribution in [3.05, 3.63) is 46.5 Å².